The second-order valence-corrected chi connectivity index (χ2v) is 4.81. The minimum atomic E-state index is -0.300. The second-order valence-electron chi connectivity index (χ2n) is 3.99. The molecule has 0 fully saturated rings. The van der Waals surface area contributed by atoms with Gasteiger partial charge in [-0.25, -0.2) is 0 Å². The first-order valence-corrected chi connectivity index (χ1v) is 6.52. The Bertz CT molecular complexity index is 447. The zero-order chi connectivity index (χ0) is 13.7. The molecule has 0 heterocycles. The summed E-state index contributed by atoms with van der Waals surface area (Å²) in [6.07, 6.45) is 1.63. The number of ether oxygens (including phenoxy) is 1. The zero-order valence-corrected chi connectivity index (χ0v) is 12.2. The summed E-state index contributed by atoms with van der Waals surface area (Å²) in [7, 11) is 0. The van der Waals surface area contributed by atoms with Crippen LogP contribution in [0.15, 0.2) is 30.0 Å². The van der Waals surface area contributed by atoms with Crippen LogP contribution in [0.1, 0.15) is 38.9 Å². The zero-order valence-electron chi connectivity index (χ0n) is 10.7. The minimum Gasteiger partial charge on any atom is -0.493 e. The number of hydrogen-bond donors (Lipinski definition) is 0. The van der Waals surface area contributed by atoms with Crippen molar-refractivity contribution in [3.8, 4) is 0 Å². The molecule has 98 valence electrons. The van der Waals surface area contributed by atoms with E-state index < -0.39 is 0 Å². The first-order chi connectivity index (χ1) is 8.47. The third-order valence-electron chi connectivity index (χ3n) is 2.62. The highest BCUT2D eigenvalue weighted by atomic mass is 35.5. The van der Waals surface area contributed by atoms with Gasteiger partial charge in [-0.2, -0.15) is 0 Å². The summed E-state index contributed by atoms with van der Waals surface area (Å²) in [5.74, 6) is 0.0625. The van der Waals surface area contributed by atoms with Crippen molar-refractivity contribution in [1.82, 2.24) is 0 Å². The van der Waals surface area contributed by atoms with Crippen LogP contribution in [-0.4, -0.2) is 5.78 Å². The standard InChI is InChI=1S/C14H16Cl2O2/c1-4-13(17)9(2)8-18-10(3)14-11(15)6-5-7-12(14)16/h5-8,10H,4H2,1-3H3/b9-8+/t10-/m0/s1. The number of ketones is 1. The summed E-state index contributed by atoms with van der Waals surface area (Å²) >= 11 is 12.2. The highest BCUT2D eigenvalue weighted by Crippen LogP contribution is 2.32. The Morgan fingerprint density at radius 1 is 1.39 bits per heavy atom. The van der Waals surface area contributed by atoms with Crippen molar-refractivity contribution in [3.63, 3.8) is 0 Å². The molecule has 0 aliphatic heterocycles. The summed E-state index contributed by atoms with van der Waals surface area (Å²) in [5.41, 5.74) is 1.32. The van der Waals surface area contributed by atoms with Crippen LogP contribution < -0.4 is 0 Å². The molecule has 0 aromatic heterocycles. The van der Waals surface area contributed by atoms with Crippen molar-refractivity contribution in [1.29, 1.82) is 0 Å². The van der Waals surface area contributed by atoms with Gasteiger partial charge >= 0.3 is 0 Å². The topological polar surface area (TPSA) is 26.3 Å². The number of carbonyl (C=O) groups excluding carboxylic acids is 1. The first-order valence-electron chi connectivity index (χ1n) is 5.76. The van der Waals surface area contributed by atoms with E-state index in [4.69, 9.17) is 27.9 Å². The fourth-order valence-corrected chi connectivity index (χ4v) is 2.22. The van der Waals surface area contributed by atoms with Crippen LogP contribution in [0, 0.1) is 0 Å². The lowest BCUT2D eigenvalue weighted by Gasteiger charge is -2.15. The number of rotatable bonds is 5. The van der Waals surface area contributed by atoms with Crippen molar-refractivity contribution in [2.45, 2.75) is 33.3 Å². The molecular formula is C14H16Cl2O2. The maximum atomic E-state index is 11.4. The lowest BCUT2D eigenvalue weighted by Crippen LogP contribution is -2.01. The molecule has 0 saturated heterocycles. The van der Waals surface area contributed by atoms with Gasteiger partial charge in [-0.1, -0.05) is 36.2 Å². The van der Waals surface area contributed by atoms with Gasteiger partial charge in [0.05, 0.1) is 6.26 Å². The summed E-state index contributed by atoms with van der Waals surface area (Å²) in [4.78, 5) is 11.4. The van der Waals surface area contributed by atoms with E-state index in [2.05, 4.69) is 0 Å². The van der Waals surface area contributed by atoms with E-state index in [1.54, 1.807) is 25.1 Å². The van der Waals surface area contributed by atoms with Gasteiger partial charge in [0.15, 0.2) is 5.78 Å². The Hall–Kier alpha value is -0.990. The smallest absolute Gasteiger partial charge is 0.161 e. The normalized spacial score (nSPS) is 13.3. The van der Waals surface area contributed by atoms with Crippen LogP contribution in [0.5, 0.6) is 0 Å². The number of hydrogen-bond acceptors (Lipinski definition) is 2. The summed E-state index contributed by atoms with van der Waals surface area (Å²) < 4.78 is 5.52. The molecule has 0 aliphatic rings. The fraction of sp³-hybridized carbons (Fsp3) is 0.357. The van der Waals surface area contributed by atoms with Crippen LogP contribution in [0.2, 0.25) is 10.0 Å². The summed E-state index contributed by atoms with van der Waals surface area (Å²) in [6, 6.07) is 5.30. The molecule has 4 heteroatoms. The van der Waals surface area contributed by atoms with E-state index in [1.807, 2.05) is 13.8 Å². The molecule has 1 aromatic rings. The Balaban J connectivity index is 2.83. The molecule has 18 heavy (non-hydrogen) atoms. The highest BCUT2D eigenvalue weighted by Gasteiger charge is 2.14. The Morgan fingerprint density at radius 2 is 1.94 bits per heavy atom. The van der Waals surface area contributed by atoms with Crippen molar-refractivity contribution < 1.29 is 9.53 Å². The van der Waals surface area contributed by atoms with Gasteiger partial charge in [0.1, 0.15) is 6.10 Å². The third-order valence-corrected chi connectivity index (χ3v) is 3.28. The number of benzene rings is 1. The monoisotopic (exact) mass is 286 g/mol. The Labute approximate surface area is 118 Å². The summed E-state index contributed by atoms with van der Waals surface area (Å²) in [6.45, 7) is 5.38. The maximum absolute atomic E-state index is 11.4. The van der Waals surface area contributed by atoms with E-state index in [-0.39, 0.29) is 11.9 Å². The van der Waals surface area contributed by atoms with Crippen LogP contribution in [-0.2, 0) is 9.53 Å². The molecule has 2 nitrogen and oxygen atoms in total. The number of halogens is 2. The molecule has 0 unspecified atom stereocenters. The van der Waals surface area contributed by atoms with E-state index in [0.717, 1.165) is 5.56 Å². The SMILES string of the molecule is CCC(=O)/C(C)=C/O[C@@H](C)c1c(Cl)cccc1Cl. The molecule has 1 aromatic carbocycles. The minimum absolute atomic E-state index is 0.0625. The molecule has 0 bridgehead atoms. The molecule has 0 spiro atoms. The lowest BCUT2D eigenvalue weighted by atomic mass is 10.1. The molecule has 1 rings (SSSR count). The lowest BCUT2D eigenvalue weighted by molar-refractivity contribution is -0.115. The van der Waals surface area contributed by atoms with E-state index in [1.165, 1.54) is 6.26 Å². The van der Waals surface area contributed by atoms with Crippen molar-refractivity contribution in [3.05, 3.63) is 45.6 Å². The number of Topliss-reactive ketones (excluding diaryl/α,β-unsaturated/α-hetero) is 1. The molecule has 0 saturated carbocycles. The van der Waals surface area contributed by atoms with E-state index >= 15 is 0 Å². The molecule has 0 N–H and O–H groups in total. The maximum Gasteiger partial charge on any atom is 0.161 e. The van der Waals surface area contributed by atoms with Crippen molar-refractivity contribution in [2.75, 3.05) is 0 Å². The van der Waals surface area contributed by atoms with Gasteiger partial charge in [-0.05, 0) is 26.0 Å². The molecule has 0 amide bonds. The largest absolute Gasteiger partial charge is 0.493 e. The van der Waals surface area contributed by atoms with Gasteiger partial charge in [0.2, 0.25) is 0 Å². The third kappa shape index (κ3) is 3.76. The van der Waals surface area contributed by atoms with Crippen LogP contribution in [0.4, 0.5) is 0 Å². The van der Waals surface area contributed by atoms with Crippen molar-refractivity contribution in [2.24, 2.45) is 0 Å². The van der Waals surface area contributed by atoms with Gasteiger partial charge in [-0.3, -0.25) is 4.79 Å². The van der Waals surface area contributed by atoms with Crippen LogP contribution in [0.3, 0.4) is 0 Å². The molecule has 1 atom stereocenters. The average Bonchev–Trinajstić information content (AvgIpc) is 2.34. The van der Waals surface area contributed by atoms with Crippen LogP contribution in [0.25, 0.3) is 0 Å². The van der Waals surface area contributed by atoms with Gasteiger partial charge < -0.3 is 4.74 Å². The fourth-order valence-electron chi connectivity index (χ4n) is 1.52. The first kappa shape index (κ1) is 15.1. The number of carbonyl (C=O) groups is 1. The highest BCUT2D eigenvalue weighted by molar-refractivity contribution is 6.36. The second kappa shape index (κ2) is 6.81. The van der Waals surface area contributed by atoms with E-state index in [9.17, 15) is 4.79 Å². The molecule has 0 aliphatic carbocycles. The number of allylic oxidation sites excluding steroid dienone is 1. The Morgan fingerprint density at radius 3 is 2.44 bits per heavy atom. The van der Waals surface area contributed by atoms with E-state index in [0.29, 0.717) is 22.0 Å². The predicted molar refractivity (Wildman–Crippen MR) is 75.0 cm³/mol. The van der Waals surface area contributed by atoms with Crippen molar-refractivity contribution >= 4 is 29.0 Å². The quantitative estimate of drug-likeness (QED) is 0.565. The predicted octanol–water partition coefficient (Wildman–Crippen LogP) is 4.95. The van der Waals surface area contributed by atoms with Gasteiger partial charge in [0.25, 0.3) is 0 Å². The Kier molecular flexibility index (Phi) is 5.70. The van der Waals surface area contributed by atoms with Gasteiger partial charge in [0, 0.05) is 27.6 Å². The average molecular weight is 287 g/mol. The van der Waals surface area contributed by atoms with Crippen LogP contribution >= 0.6 is 23.2 Å². The molecular weight excluding hydrogens is 271 g/mol. The molecule has 0 radical (unpaired) electrons. The van der Waals surface area contributed by atoms with Gasteiger partial charge in [-0.15, -0.1) is 0 Å². The summed E-state index contributed by atoms with van der Waals surface area (Å²) in [5, 5.41) is 1.12.